The summed E-state index contributed by atoms with van der Waals surface area (Å²) in [6.07, 6.45) is 0.0856. The van der Waals surface area contributed by atoms with Crippen molar-refractivity contribution in [3.8, 4) is 0 Å². The predicted octanol–water partition coefficient (Wildman–Crippen LogP) is 3.51. The van der Waals surface area contributed by atoms with Crippen LogP contribution in [0.15, 0.2) is 48.5 Å². The van der Waals surface area contributed by atoms with Crippen LogP contribution in [0.3, 0.4) is 0 Å². The highest BCUT2D eigenvalue weighted by Gasteiger charge is 2.49. The van der Waals surface area contributed by atoms with Gasteiger partial charge >= 0.3 is 5.97 Å². The van der Waals surface area contributed by atoms with Gasteiger partial charge in [0, 0.05) is 22.9 Å². The second-order valence-corrected chi connectivity index (χ2v) is 6.94. The molecule has 0 bridgehead atoms. The Balaban J connectivity index is 1.78. The highest BCUT2D eigenvalue weighted by molar-refractivity contribution is 6.30. The summed E-state index contributed by atoms with van der Waals surface area (Å²) in [6, 6.07) is 14.9. The molecule has 2 aromatic carbocycles. The third-order valence-corrected chi connectivity index (χ3v) is 5.30. The summed E-state index contributed by atoms with van der Waals surface area (Å²) >= 11 is 6.12. The van der Waals surface area contributed by atoms with Gasteiger partial charge in [-0.25, -0.2) is 0 Å². The van der Waals surface area contributed by atoms with E-state index in [-0.39, 0.29) is 11.8 Å². The van der Waals surface area contributed by atoms with Gasteiger partial charge in [-0.1, -0.05) is 41.9 Å². The van der Waals surface area contributed by atoms with E-state index in [0.29, 0.717) is 18.1 Å². The van der Waals surface area contributed by atoms with Crippen LogP contribution in [0.2, 0.25) is 5.02 Å². The van der Waals surface area contributed by atoms with Crippen LogP contribution in [0.1, 0.15) is 23.5 Å². The van der Waals surface area contributed by atoms with Gasteiger partial charge in [0.1, 0.15) is 12.1 Å². The number of amides is 1. The second-order valence-electron chi connectivity index (χ2n) is 6.50. The van der Waals surface area contributed by atoms with Gasteiger partial charge < -0.3 is 9.47 Å². The molecule has 0 radical (unpaired) electrons. The molecule has 0 spiro atoms. The molecule has 2 heterocycles. The molecule has 2 aliphatic rings. The molecule has 0 N–H and O–H groups in total. The first kappa shape index (κ1) is 17.1. The van der Waals surface area contributed by atoms with Crippen LogP contribution in [0.25, 0.3) is 0 Å². The van der Waals surface area contributed by atoms with E-state index in [1.54, 1.807) is 17.0 Å². The van der Waals surface area contributed by atoms with E-state index in [0.717, 1.165) is 16.8 Å². The summed E-state index contributed by atoms with van der Waals surface area (Å²) in [7, 11) is 1.30. The quantitative estimate of drug-likeness (QED) is 0.599. The summed E-state index contributed by atoms with van der Waals surface area (Å²) in [5, 5.41) is 0.566. The van der Waals surface area contributed by atoms with Crippen molar-refractivity contribution in [1.82, 2.24) is 0 Å². The molecule has 2 aromatic rings. The SMILES string of the molecule is COC(=O)[C@H]1C(=O)N2c3ccccc3CO[C@@H]2C[C@@H]1c1cccc(Cl)c1. The summed E-state index contributed by atoms with van der Waals surface area (Å²) in [5.41, 5.74) is 2.57. The molecule has 1 amide bonds. The Morgan fingerprint density at radius 3 is 2.81 bits per heavy atom. The Bertz CT molecular complexity index is 868. The number of hydrogen-bond donors (Lipinski definition) is 0. The highest BCUT2D eigenvalue weighted by atomic mass is 35.5. The zero-order chi connectivity index (χ0) is 18.3. The number of methoxy groups -OCH3 is 1. The Kier molecular flexibility index (Phi) is 4.42. The standard InChI is InChI=1S/C20H18ClNO4/c1-25-20(24)18-15(12-6-4-7-14(21)9-12)10-17-22(19(18)23)16-8-3-2-5-13(16)11-26-17/h2-9,15,17-18H,10-11H2,1H3/t15-,17-,18-/m1/s1. The number of rotatable bonds is 2. The molecule has 2 aliphatic heterocycles. The molecule has 134 valence electrons. The van der Waals surface area contributed by atoms with E-state index in [2.05, 4.69) is 0 Å². The first-order chi connectivity index (χ1) is 12.6. The van der Waals surface area contributed by atoms with Crippen molar-refractivity contribution >= 4 is 29.2 Å². The van der Waals surface area contributed by atoms with Crippen LogP contribution in [0.5, 0.6) is 0 Å². The molecule has 1 saturated heterocycles. The summed E-state index contributed by atoms with van der Waals surface area (Å²) < 4.78 is 10.9. The van der Waals surface area contributed by atoms with Gasteiger partial charge in [-0.3, -0.25) is 14.5 Å². The highest BCUT2D eigenvalue weighted by Crippen LogP contribution is 2.43. The lowest BCUT2D eigenvalue weighted by atomic mass is 9.78. The van der Waals surface area contributed by atoms with Crippen molar-refractivity contribution in [3.05, 3.63) is 64.7 Å². The second kappa shape index (κ2) is 6.74. The predicted molar refractivity (Wildman–Crippen MR) is 96.8 cm³/mol. The molecular formula is C20H18ClNO4. The summed E-state index contributed by atoms with van der Waals surface area (Å²) in [4.78, 5) is 27.4. The first-order valence-corrected chi connectivity index (χ1v) is 8.84. The van der Waals surface area contributed by atoms with Crippen molar-refractivity contribution < 1.29 is 19.1 Å². The van der Waals surface area contributed by atoms with E-state index >= 15 is 0 Å². The molecule has 6 heteroatoms. The number of para-hydroxylation sites is 1. The lowest BCUT2D eigenvalue weighted by molar-refractivity contribution is -0.154. The molecule has 0 aliphatic carbocycles. The summed E-state index contributed by atoms with van der Waals surface area (Å²) in [6.45, 7) is 0.440. The minimum absolute atomic E-state index is 0.301. The van der Waals surface area contributed by atoms with Gasteiger partial charge in [-0.05, 0) is 23.8 Å². The van der Waals surface area contributed by atoms with Crippen LogP contribution >= 0.6 is 11.6 Å². The number of benzene rings is 2. The van der Waals surface area contributed by atoms with Crippen LogP contribution in [-0.2, 0) is 25.7 Å². The summed E-state index contributed by atoms with van der Waals surface area (Å²) in [5.74, 6) is -2.11. The Morgan fingerprint density at radius 1 is 1.23 bits per heavy atom. The van der Waals surface area contributed by atoms with Crippen LogP contribution in [0.4, 0.5) is 5.69 Å². The fourth-order valence-corrected chi connectivity index (χ4v) is 4.05. The third kappa shape index (κ3) is 2.77. The normalized spacial score (nSPS) is 24.6. The topological polar surface area (TPSA) is 55.8 Å². The molecule has 1 fully saturated rings. The number of carbonyl (C=O) groups is 2. The van der Waals surface area contributed by atoms with E-state index in [1.165, 1.54) is 7.11 Å². The Morgan fingerprint density at radius 2 is 2.04 bits per heavy atom. The average molecular weight is 372 g/mol. The number of fused-ring (bicyclic) bond motifs is 3. The van der Waals surface area contributed by atoms with Gasteiger partial charge in [0.15, 0.2) is 0 Å². The number of anilines is 1. The van der Waals surface area contributed by atoms with Crippen molar-refractivity contribution in [3.63, 3.8) is 0 Å². The number of esters is 1. The van der Waals surface area contributed by atoms with Crippen LogP contribution < -0.4 is 4.90 Å². The van der Waals surface area contributed by atoms with Gasteiger partial charge in [0.25, 0.3) is 0 Å². The van der Waals surface area contributed by atoms with Gasteiger partial charge in [0.05, 0.1) is 19.4 Å². The van der Waals surface area contributed by atoms with Crippen molar-refractivity contribution in [2.24, 2.45) is 5.92 Å². The molecule has 4 rings (SSSR count). The van der Waals surface area contributed by atoms with Gasteiger partial charge in [0.2, 0.25) is 5.91 Å². The largest absolute Gasteiger partial charge is 0.468 e. The molecule has 0 unspecified atom stereocenters. The van der Waals surface area contributed by atoms with E-state index < -0.39 is 18.1 Å². The smallest absolute Gasteiger partial charge is 0.318 e. The minimum atomic E-state index is -0.926. The molecule has 0 saturated carbocycles. The fraction of sp³-hybridized carbons (Fsp3) is 0.300. The number of carbonyl (C=O) groups excluding carboxylic acids is 2. The fourth-order valence-electron chi connectivity index (χ4n) is 3.85. The van der Waals surface area contributed by atoms with Crippen LogP contribution in [0, 0.1) is 5.92 Å². The monoisotopic (exact) mass is 371 g/mol. The minimum Gasteiger partial charge on any atom is -0.468 e. The third-order valence-electron chi connectivity index (χ3n) is 5.06. The maximum atomic E-state index is 13.3. The average Bonchev–Trinajstić information content (AvgIpc) is 2.66. The number of halogens is 1. The first-order valence-electron chi connectivity index (χ1n) is 8.46. The molecule has 3 atom stereocenters. The lowest BCUT2D eigenvalue weighted by Gasteiger charge is -2.45. The van der Waals surface area contributed by atoms with Gasteiger partial charge in [-0.15, -0.1) is 0 Å². The van der Waals surface area contributed by atoms with Crippen molar-refractivity contribution in [2.45, 2.75) is 25.2 Å². The zero-order valence-electron chi connectivity index (χ0n) is 14.2. The Labute approximate surface area is 156 Å². The number of piperidine rings is 1. The van der Waals surface area contributed by atoms with E-state index in [9.17, 15) is 9.59 Å². The molecule has 5 nitrogen and oxygen atoms in total. The van der Waals surface area contributed by atoms with E-state index in [1.807, 2.05) is 36.4 Å². The van der Waals surface area contributed by atoms with E-state index in [4.69, 9.17) is 21.1 Å². The van der Waals surface area contributed by atoms with Crippen LogP contribution in [-0.4, -0.2) is 25.2 Å². The zero-order valence-corrected chi connectivity index (χ0v) is 15.0. The van der Waals surface area contributed by atoms with Gasteiger partial charge in [-0.2, -0.15) is 0 Å². The van der Waals surface area contributed by atoms with Crippen molar-refractivity contribution in [2.75, 3.05) is 12.0 Å². The molecule has 0 aromatic heterocycles. The number of ether oxygens (including phenoxy) is 2. The van der Waals surface area contributed by atoms with Crippen molar-refractivity contribution in [1.29, 1.82) is 0 Å². The number of hydrogen-bond acceptors (Lipinski definition) is 4. The molecular weight excluding hydrogens is 354 g/mol. The number of nitrogens with zero attached hydrogens (tertiary/aromatic N) is 1. The maximum absolute atomic E-state index is 13.3. The Hall–Kier alpha value is -2.37. The lowest BCUT2D eigenvalue weighted by Crippen LogP contribution is -2.56. The maximum Gasteiger partial charge on any atom is 0.318 e. The molecule has 26 heavy (non-hydrogen) atoms.